The fourth-order valence-corrected chi connectivity index (χ4v) is 2.35. The number of ether oxygens (including phenoxy) is 1. The number of hydrogen-bond donors (Lipinski definition) is 1. The van der Waals surface area contributed by atoms with Gasteiger partial charge in [0.2, 0.25) is 0 Å². The molecule has 1 N–H and O–H groups in total. The maximum Gasteiger partial charge on any atom is 0.410 e. The SMILES string of the molecule is CC(C)[C@@H]1CNCCN1C(=O)OCc1ccccc1.Cl. The summed E-state index contributed by atoms with van der Waals surface area (Å²) in [7, 11) is 0. The summed E-state index contributed by atoms with van der Waals surface area (Å²) < 4.78 is 5.41. The van der Waals surface area contributed by atoms with Crippen molar-refractivity contribution < 1.29 is 9.53 Å². The Balaban J connectivity index is 0.00000200. The minimum atomic E-state index is -0.205. The number of nitrogens with zero attached hydrogens (tertiary/aromatic N) is 1. The number of nitrogens with one attached hydrogen (secondary N) is 1. The van der Waals surface area contributed by atoms with Gasteiger partial charge in [-0.3, -0.25) is 0 Å². The molecule has 1 heterocycles. The molecule has 5 heteroatoms. The van der Waals surface area contributed by atoms with E-state index in [1.807, 2.05) is 35.2 Å². The van der Waals surface area contributed by atoms with Gasteiger partial charge >= 0.3 is 6.09 Å². The van der Waals surface area contributed by atoms with Crippen molar-refractivity contribution in [3.63, 3.8) is 0 Å². The maximum atomic E-state index is 12.2. The highest BCUT2D eigenvalue weighted by molar-refractivity contribution is 5.85. The van der Waals surface area contributed by atoms with Crippen LogP contribution in [0.2, 0.25) is 0 Å². The van der Waals surface area contributed by atoms with Crippen LogP contribution in [0.1, 0.15) is 19.4 Å². The van der Waals surface area contributed by atoms with Crippen molar-refractivity contribution in [2.45, 2.75) is 26.5 Å². The number of amides is 1. The van der Waals surface area contributed by atoms with E-state index in [0.717, 1.165) is 25.2 Å². The summed E-state index contributed by atoms with van der Waals surface area (Å²) in [5.41, 5.74) is 1.02. The topological polar surface area (TPSA) is 41.6 Å². The second-order valence-electron chi connectivity index (χ2n) is 5.25. The first kappa shape index (κ1) is 16.8. The first-order valence-electron chi connectivity index (χ1n) is 6.86. The van der Waals surface area contributed by atoms with Crippen LogP contribution in [0.25, 0.3) is 0 Å². The van der Waals surface area contributed by atoms with Crippen LogP contribution in [-0.2, 0) is 11.3 Å². The van der Waals surface area contributed by atoms with Crippen LogP contribution in [0, 0.1) is 5.92 Å². The maximum absolute atomic E-state index is 12.2. The standard InChI is InChI=1S/C15H22N2O2.ClH/c1-12(2)14-10-16-8-9-17(14)15(18)19-11-13-6-4-3-5-7-13;/h3-7,12,14,16H,8-11H2,1-2H3;1H/t14-;/m0./s1. The Labute approximate surface area is 126 Å². The molecule has 1 aromatic carbocycles. The van der Waals surface area contributed by atoms with E-state index in [1.165, 1.54) is 0 Å². The van der Waals surface area contributed by atoms with Gasteiger partial charge in [0.05, 0.1) is 0 Å². The number of rotatable bonds is 3. The Bertz CT molecular complexity index is 412. The monoisotopic (exact) mass is 298 g/mol. The van der Waals surface area contributed by atoms with E-state index in [9.17, 15) is 4.79 Å². The Morgan fingerprint density at radius 2 is 2.10 bits per heavy atom. The zero-order valence-corrected chi connectivity index (χ0v) is 12.9. The molecule has 0 bridgehead atoms. The van der Waals surface area contributed by atoms with Crippen molar-refractivity contribution in [3.8, 4) is 0 Å². The second kappa shape index (κ2) is 8.12. The van der Waals surface area contributed by atoms with Crippen LogP contribution in [0.3, 0.4) is 0 Å². The number of benzene rings is 1. The van der Waals surface area contributed by atoms with E-state index in [2.05, 4.69) is 19.2 Å². The molecule has 1 aliphatic rings. The molecule has 0 aliphatic carbocycles. The molecule has 1 aromatic rings. The molecule has 4 nitrogen and oxygen atoms in total. The molecule has 1 aliphatic heterocycles. The zero-order valence-electron chi connectivity index (χ0n) is 12.0. The summed E-state index contributed by atoms with van der Waals surface area (Å²) >= 11 is 0. The summed E-state index contributed by atoms with van der Waals surface area (Å²) in [5, 5.41) is 3.33. The highest BCUT2D eigenvalue weighted by Crippen LogP contribution is 2.14. The van der Waals surface area contributed by atoms with Gasteiger partial charge in [-0.1, -0.05) is 44.2 Å². The quantitative estimate of drug-likeness (QED) is 0.933. The third-order valence-electron chi connectivity index (χ3n) is 3.49. The number of hydrogen-bond acceptors (Lipinski definition) is 3. The minimum Gasteiger partial charge on any atom is -0.445 e. The van der Waals surface area contributed by atoms with Crippen molar-refractivity contribution in [1.29, 1.82) is 0 Å². The van der Waals surface area contributed by atoms with Crippen LogP contribution in [0.4, 0.5) is 4.79 Å². The van der Waals surface area contributed by atoms with E-state index in [0.29, 0.717) is 12.5 Å². The van der Waals surface area contributed by atoms with Crippen molar-refractivity contribution in [2.75, 3.05) is 19.6 Å². The Morgan fingerprint density at radius 1 is 1.40 bits per heavy atom. The van der Waals surface area contributed by atoms with Crippen molar-refractivity contribution >= 4 is 18.5 Å². The smallest absolute Gasteiger partial charge is 0.410 e. The lowest BCUT2D eigenvalue weighted by molar-refractivity contribution is 0.0612. The summed E-state index contributed by atoms with van der Waals surface area (Å²) in [6.07, 6.45) is -0.205. The molecule has 1 fully saturated rings. The normalized spacial score (nSPS) is 18.6. The molecule has 0 spiro atoms. The van der Waals surface area contributed by atoms with E-state index < -0.39 is 0 Å². The molecule has 112 valence electrons. The van der Waals surface area contributed by atoms with E-state index in [-0.39, 0.29) is 24.5 Å². The number of piperazine rings is 1. The zero-order chi connectivity index (χ0) is 13.7. The Morgan fingerprint density at radius 3 is 2.75 bits per heavy atom. The molecular weight excluding hydrogens is 276 g/mol. The fourth-order valence-electron chi connectivity index (χ4n) is 2.35. The number of halogens is 1. The lowest BCUT2D eigenvalue weighted by atomic mass is 10.0. The second-order valence-corrected chi connectivity index (χ2v) is 5.25. The Kier molecular flexibility index (Phi) is 6.82. The van der Waals surface area contributed by atoms with Crippen LogP contribution in [0.15, 0.2) is 30.3 Å². The predicted octanol–water partition coefficient (Wildman–Crippen LogP) is 2.67. The molecule has 0 radical (unpaired) electrons. The summed E-state index contributed by atoms with van der Waals surface area (Å²) in [6.45, 7) is 7.01. The van der Waals surface area contributed by atoms with Crippen molar-refractivity contribution in [2.24, 2.45) is 5.92 Å². The van der Waals surface area contributed by atoms with Gasteiger partial charge in [-0.2, -0.15) is 0 Å². The summed E-state index contributed by atoms with van der Waals surface area (Å²) in [5.74, 6) is 0.428. The third kappa shape index (κ3) is 4.39. The molecule has 1 amide bonds. The third-order valence-corrected chi connectivity index (χ3v) is 3.49. The highest BCUT2D eigenvalue weighted by Gasteiger charge is 2.29. The van der Waals surface area contributed by atoms with Gasteiger partial charge < -0.3 is 15.0 Å². The van der Waals surface area contributed by atoms with Gasteiger partial charge in [0.15, 0.2) is 0 Å². The molecule has 1 saturated heterocycles. The van der Waals surface area contributed by atoms with Crippen molar-refractivity contribution in [1.82, 2.24) is 10.2 Å². The number of carbonyl (C=O) groups is 1. The molecule has 2 rings (SSSR count). The first-order chi connectivity index (χ1) is 9.18. The molecule has 0 aromatic heterocycles. The van der Waals surface area contributed by atoms with Crippen LogP contribution < -0.4 is 5.32 Å². The molecule has 20 heavy (non-hydrogen) atoms. The lowest BCUT2D eigenvalue weighted by Crippen LogP contribution is -2.55. The van der Waals surface area contributed by atoms with Crippen LogP contribution >= 0.6 is 12.4 Å². The average molecular weight is 299 g/mol. The number of carbonyl (C=O) groups excluding carboxylic acids is 1. The minimum absolute atomic E-state index is 0. The molecular formula is C15H23ClN2O2. The average Bonchev–Trinajstić information content (AvgIpc) is 2.46. The van der Waals surface area contributed by atoms with Gasteiger partial charge in [0.1, 0.15) is 6.61 Å². The summed E-state index contributed by atoms with van der Waals surface area (Å²) in [4.78, 5) is 14.0. The highest BCUT2D eigenvalue weighted by atomic mass is 35.5. The van der Waals surface area contributed by atoms with Crippen molar-refractivity contribution in [3.05, 3.63) is 35.9 Å². The van der Waals surface area contributed by atoms with Gasteiger partial charge in [-0.25, -0.2) is 4.79 Å². The van der Waals surface area contributed by atoms with Crippen LogP contribution in [0.5, 0.6) is 0 Å². The van der Waals surface area contributed by atoms with E-state index in [1.54, 1.807) is 0 Å². The first-order valence-corrected chi connectivity index (χ1v) is 6.86. The van der Waals surface area contributed by atoms with E-state index >= 15 is 0 Å². The molecule has 0 unspecified atom stereocenters. The van der Waals surface area contributed by atoms with E-state index in [4.69, 9.17) is 4.74 Å². The van der Waals surface area contributed by atoms with Gasteiger partial charge in [-0.15, -0.1) is 12.4 Å². The Hall–Kier alpha value is -1.26. The lowest BCUT2D eigenvalue weighted by Gasteiger charge is -2.37. The molecule has 0 saturated carbocycles. The van der Waals surface area contributed by atoms with Gasteiger partial charge in [-0.05, 0) is 11.5 Å². The largest absolute Gasteiger partial charge is 0.445 e. The van der Waals surface area contributed by atoms with Gasteiger partial charge in [0, 0.05) is 25.7 Å². The molecule has 1 atom stereocenters. The van der Waals surface area contributed by atoms with Gasteiger partial charge in [0.25, 0.3) is 0 Å². The summed E-state index contributed by atoms with van der Waals surface area (Å²) in [6, 6.07) is 10.00. The predicted molar refractivity (Wildman–Crippen MR) is 82.1 cm³/mol. The fraction of sp³-hybridized carbons (Fsp3) is 0.533. The van der Waals surface area contributed by atoms with Crippen LogP contribution in [-0.4, -0.2) is 36.7 Å².